The number of benzene rings is 2. The van der Waals surface area contributed by atoms with Crippen LogP contribution in [-0.4, -0.2) is 19.6 Å². The van der Waals surface area contributed by atoms with E-state index in [0.717, 1.165) is 11.3 Å². The number of anilines is 1. The molecule has 5 heteroatoms. The summed E-state index contributed by atoms with van der Waals surface area (Å²) in [5.41, 5.74) is 2.39. The van der Waals surface area contributed by atoms with Gasteiger partial charge in [0.1, 0.15) is 5.75 Å². The molecule has 0 spiro atoms. The van der Waals surface area contributed by atoms with Gasteiger partial charge in [-0.3, -0.25) is 4.31 Å². The van der Waals surface area contributed by atoms with E-state index in [-0.39, 0.29) is 16.7 Å². The molecule has 1 heterocycles. The third-order valence-electron chi connectivity index (χ3n) is 3.85. The Morgan fingerprint density at radius 3 is 2.67 bits per heavy atom. The summed E-state index contributed by atoms with van der Waals surface area (Å²) >= 11 is 0. The molecule has 0 bridgehead atoms. The fourth-order valence-corrected chi connectivity index (χ4v) is 4.82. The third-order valence-corrected chi connectivity index (χ3v) is 5.92. The smallest absolute Gasteiger partial charge is 0.264 e. The summed E-state index contributed by atoms with van der Waals surface area (Å²) < 4.78 is 27.5. The maximum Gasteiger partial charge on any atom is 0.264 e. The summed E-state index contributed by atoms with van der Waals surface area (Å²) in [7, 11) is -3.68. The van der Waals surface area contributed by atoms with Gasteiger partial charge in [0, 0.05) is 12.1 Å². The Morgan fingerprint density at radius 2 is 1.90 bits per heavy atom. The molecule has 2 aromatic carbocycles. The molecular formula is C16H17NO3S. The topological polar surface area (TPSA) is 57.6 Å². The molecule has 0 radical (unpaired) electrons. The molecule has 0 aromatic heterocycles. The van der Waals surface area contributed by atoms with E-state index >= 15 is 0 Å². The van der Waals surface area contributed by atoms with E-state index < -0.39 is 10.0 Å². The zero-order chi connectivity index (χ0) is 15.2. The van der Waals surface area contributed by atoms with Gasteiger partial charge in [0.2, 0.25) is 0 Å². The van der Waals surface area contributed by atoms with Gasteiger partial charge in [0.25, 0.3) is 10.0 Å². The molecule has 1 aliphatic heterocycles. The molecule has 0 aliphatic carbocycles. The summed E-state index contributed by atoms with van der Waals surface area (Å²) in [5.74, 6) is -0.0423. The highest BCUT2D eigenvalue weighted by atomic mass is 32.2. The maximum absolute atomic E-state index is 13.0. The minimum absolute atomic E-state index is 0.0423. The molecule has 0 saturated carbocycles. The van der Waals surface area contributed by atoms with Gasteiger partial charge in [-0.05, 0) is 43.5 Å². The molecule has 1 atom stereocenters. The van der Waals surface area contributed by atoms with Crippen LogP contribution >= 0.6 is 0 Å². The van der Waals surface area contributed by atoms with Crippen molar-refractivity contribution in [2.75, 3.05) is 4.31 Å². The molecular weight excluding hydrogens is 286 g/mol. The van der Waals surface area contributed by atoms with Crippen molar-refractivity contribution in [1.29, 1.82) is 0 Å². The first-order chi connectivity index (χ1) is 9.91. The van der Waals surface area contributed by atoms with E-state index in [1.54, 1.807) is 13.0 Å². The average Bonchev–Trinajstić information content (AvgIpc) is 2.77. The van der Waals surface area contributed by atoms with Crippen molar-refractivity contribution in [2.45, 2.75) is 31.2 Å². The normalized spacial score (nSPS) is 17.8. The molecule has 1 N–H and O–H groups in total. The largest absolute Gasteiger partial charge is 0.508 e. The van der Waals surface area contributed by atoms with Crippen LogP contribution in [-0.2, 0) is 16.4 Å². The van der Waals surface area contributed by atoms with Crippen molar-refractivity contribution in [1.82, 2.24) is 0 Å². The lowest BCUT2D eigenvalue weighted by Crippen LogP contribution is -2.36. The number of aromatic hydroxyl groups is 1. The van der Waals surface area contributed by atoms with Gasteiger partial charge in [0.05, 0.1) is 10.6 Å². The zero-order valence-corrected chi connectivity index (χ0v) is 12.8. The Labute approximate surface area is 124 Å². The number of fused-ring (bicyclic) bond motifs is 1. The number of phenols is 1. The van der Waals surface area contributed by atoms with E-state index in [9.17, 15) is 13.5 Å². The first kappa shape index (κ1) is 13.9. The highest BCUT2D eigenvalue weighted by molar-refractivity contribution is 7.93. The van der Waals surface area contributed by atoms with Crippen molar-refractivity contribution < 1.29 is 13.5 Å². The van der Waals surface area contributed by atoms with Gasteiger partial charge in [-0.25, -0.2) is 8.42 Å². The molecule has 0 saturated heterocycles. The van der Waals surface area contributed by atoms with Gasteiger partial charge in [0.15, 0.2) is 0 Å². The maximum atomic E-state index is 13.0. The second-order valence-corrected chi connectivity index (χ2v) is 7.22. The molecule has 4 nitrogen and oxygen atoms in total. The summed E-state index contributed by atoms with van der Waals surface area (Å²) in [4.78, 5) is 0.158. The Kier molecular flexibility index (Phi) is 3.17. The van der Waals surface area contributed by atoms with Gasteiger partial charge in [-0.15, -0.1) is 0 Å². The fourth-order valence-electron chi connectivity index (χ4n) is 2.88. The second kappa shape index (κ2) is 4.77. The van der Waals surface area contributed by atoms with Crippen molar-refractivity contribution in [3.8, 4) is 5.75 Å². The van der Waals surface area contributed by atoms with Gasteiger partial charge >= 0.3 is 0 Å². The lowest BCUT2D eigenvalue weighted by Gasteiger charge is -2.25. The lowest BCUT2D eigenvalue weighted by molar-refractivity contribution is 0.472. The van der Waals surface area contributed by atoms with E-state index in [0.29, 0.717) is 12.0 Å². The van der Waals surface area contributed by atoms with Crippen LogP contribution in [0.4, 0.5) is 5.69 Å². The van der Waals surface area contributed by atoms with Crippen LogP contribution in [0.1, 0.15) is 18.1 Å². The molecule has 0 fully saturated rings. The molecule has 3 rings (SSSR count). The van der Waals surface area contributed by atoms with Crippen LogP contribution in [0.2, 0.25) is 0 Å². The zero-order valence-electron chi connectivity index (χ0n) is 11.9. The van der Waals surface area contributed by atoms with Crippen LogP contribution in [0.5, 0.6) is 5.75 Å². The van der Waals surface area contributed by atoms with E-state index in [4.69, 9.17) is 0 Å². The first-order valence-electron chi connectivity index (χ1n) is 6.83. The second-order valence-electron chi connectivity index (χ2n) is 5.43. The standard InChI is InChI=1S/C16H17NO3S/c1-11-7-8-14(18)10-16(11)21(19,20)17-12(2)9-13-5-3-4-6-15(13)17/h3-8,10,12,18H,9H2,1-2H3. The van der Waals surface area contributed by atoms with Crippen LogP contribution < -0.4 is 4.31 Å². The number of para-hydroxylation sites is 1. The number of hydrogen-bond acceptors (Lipinski definition) is 3. The summed E-state index contributed by atoms with van der Waals surface area (Å²) in [6.45, 7) is 3.63. The highest BCUT2D eigenvalue weighted by Gasteiger charge is 2.36. The number of hydrogen-bond donors (Lipinski definition) is 1. The minimum Gasteiger partial charge on any atom is -0.508 e. The summed E-state index contributed by atoms with van der Waals surface area (Å²) in [5, 5.41) is 9.62. The molecule has 2 aromatic rings. The molecule has 110 valence electrons. The van der Waals surface area contributed by atoms with E-state index in [2.05, 4.69) is 0 Å². The van der Waals surface area contributed by atoms with Crippen LogP contribution in [0.15, 0.2) is 47.4 Å². The highest BCUT2D eigenvalue weighted by Crippen LogP contribution is 2.37. The number of rotatable bonds is 2. The number of nitrogens with zero attached hydrogens (tertiary/aromatic N) is 1. The Hall–Kier alpha value is -2.01. The third kappa shape index (κ3) is 2.17. The minimum atomic E-state index is -3.68. The Balaban J connectivity index is 2.17. The predicted octanol–water partition coefficient (Wildman–Crippen LogP) is 2.84. The van der Waals surface area contributed by atoms with Crippen LogP contribution in [0, 0.1) is 6.92 Å². The monoisotopic (exact) mass is 303 g/mol. The summed E-state index contributed by atoms with van der Waals surface area (Å²) in [6, 6.07) is 11.8. The van der Waals surface area contributed by atoms with Crippen LogP contribution in [0.3, 0.4) is 0 Å². The SMILES string of the molecule is Cc1ccc(O)cc1S(=O)(=O)N1c2ccccc2CC1C. The molecule has 21 heavy (non-hydrogen) atoms. The molecule has 1 unspecified atom stereocenters. The quantitative estimate of drug-likeness (QED) is 0.928. The van der Waals surface area contributed by atoms with Crippen molar-refractivity contribution in [3.63, 3.8) is 0 Å². The Bertz CT molecular complexity index is 799. The summed E-state index contributed by atoms with van der Waals surface area (Å²) in [6.07, 6.45) is 0.702. The van der Waals surface area contributed by atoms with Crippen LogP contribution in [0.25, 0.3) is 0 Å². The predicted molar refractivity (Wildman–Crippen MR) is 82.1 cm³/mol. The van der Waals surface area contributed by atoms with Crippen molar-refractivity contribution in [2.24, 2.45) is 0 Å². The van der Waals surface area contributed by atoms with E-state index in [1.165, 1.54) is 16.4 Å². The van der Waals surface area contributed by atoms with Crippen molar-refractivity contribution >= 4 is 15.7 Å². The average molecular weight is 303 g/mol. The fraction of sp³-hybridized carbons (Fsp3) is 0.250. The van der Waals surface area contributed by atoms with E-state index in [1.807, 2.05) is 31.2 Å². The Morgan fingerprint density at radius 1 is 1.19 bits per heavy atom. The van der Waals surface area contributed by atoms with Gasteiger partial charge < -0.3 is 5.11 Å². The first-order valence-corrected chi connectivity index (χ1v) is 8.27. The van der Waals surface area contributed by atoms with Gasteiger partial charge in [-0.1, -0.05) is 24.3 Å². The molecule has 1 aliphatic rings. The number of phenolic OH excluding ortho intramolecular Hbond substituents is 1. The lowest BCUT2D eigenvalue weighted by atomic mass is 10.1. The number of sulfonamides is 1. The number of aryl methyl sites for hydroxylation is 1. The van der Waals surface area contributed by atoms with Crippen molar-refractivity contribution in [3.05, 3.63) is 53.6 Å². The van der Waals surface area contributed by atoms with Gasteiger partial charge in [-0.2, -0.15) is 0 Å². The molecule has 0 amide bonds.